The van der Waals surface area contributed by atoms with E-state index in [1.54, 1.807) is 0 Å². The van der Waals surface area contributed by atoms with Gasteiger partial charge in [0.25, 0.3) is 5.56 Å². The van der Waals surface area contributed by atoms with Gasteiger partial charge < -0.3 is 5.73 Å². The second kappa shape index (κ2) is 5.21. The summed E-state index contributed by atoms with van der Waals surface area (Å²) >= 11 is 0. The van der Waals surface area contributed by atoms with Crippen LogP contribution in [-0.4, -0.2) is 9.36 Å². The molecule has 4 nitrogen and oxygen atoms in total. The highest BCUT2D eigenvalue weighted by Crippen LogP contribution is 2.36. The number of anilines is 1. The number of nitrogen functional groups attached to an aromatic ring is 1. The Kier molecular flexibility index (Phi) is 3.83. The molecule has 0 aromatic carbocycles. The quantitative estimate of drug-likeness (QED) is 0.894. The number of hydrogen-bond acceptors (Lipinski definition) is 2. The summed E-state index contributed by atoms with van der Waals surface area (Å²) in [5, 5.41) is 0. The van der Waals surface area contributed by atoms with E-state index >= 15 is 0 Å². The van der Waals surface area contributed by atoms with Crippen LogP contribution < -0.4 is 11.3 Å². The maximum atomic E-state index is 12.3. The van der Waals surface area contributed by atoms with Crippen molar-refractivity contribution in [2.75, 3.05) is 5.73 Å². The van der Waals surface area contributed by atoms with Crippen molar-refractivity contribution in [1.82, 2.24) is 9.36 Å². The summed E-state index contributed by atoms with van der Waals surface area (Å²) in [5.41, 5.74) is 7.64. The Morgan fingerprint density at radius 1 is 1.28 bits per heavy atom. The summed E-state index contributed by atoms with van der Waals surface area (Å²) < 4.78 is 3.90. The Morgan fingerprint density at radius 3 is 2.33 bits per heavy atom. The van der Waals surface area contributed by atoms with E-state index in [0.29, 0.717) is 11.6 Å². The molecule has 0 spiro atoms. The minimum Gasteiger partial charge on any atom is -0.393 e. The second-order valence-corrected chi connectivity index (χ2v) is 5.42. The van der Waals surface area contributed by atoms with E-state index in [-0.39, 0.29) is 11.6 Å². The molecule has 0 unspecified atom stereocenters. The molecule has 1 aliphatic rings. The van der Waals surface area contributed by atoms with Gasteiger partial charge >= 0.3 is 0 Å². The maximum Gasteiger partial charge on any atom is 0.290 e. The van der Waals surface area contributed by atoms with Crippen molar-refractivity contribution in [1.29, 1.82) is 0 Å². The lowest BCUT2D eigenvalue weighted by Crippen LogP contribution is -2.27. The van der Waals surface area contributed by atoms with Gasteiger partial charge in [0.15, 0.2) is 0 Å². The lowest BCUT2D eigenvalue weighted by Gasteiger charge is -2.19. The van der Waals surface area contributed by atoms with E-state index in [1.165, 1.54) is 25.7 Å². The van der Waals surface area contributed by atoms with Gasteiger partial charge in [0, 0.05) is 13.0 Å². The third-order valence-corrected chi connectivity index (χ3v) is 4.42. The maximum absolute atomic E-state index is 12.3. The number of aromatic nitrogens is 2. The lowest BCUT2D eigenvalue weighted by molar-refractivity contribution is 0.357. The summed E-state index contributed by atoms with van der Waals surface area (Å²) in [5.74, 6) is 0.485. The van der Waals surface area contributed by atoms with Crippen LogP contribution in [0.25, 0.3) is 0 Å². The fourth-order valence-electron chi connectivity index (χ4n) is 3.39. The van der Waals surface area contributed by atoms with E-state index in [4.69, 9.17) is 5.73 Å². The second-order valence-electron chi connectivity index (χ2n) is 5.42. The van der Waals surface area contributed by atoms with Crippen LogP contribution in [0.4, 0.5) is 5.69 Å². The summed E-state index contributed by atoms with van der Waals surface area (Å²) in [6, 6.07) is 0.264. The van der Waals surface area contributed by atoms with Crippen molar-refractivity contribution in [3.05, 3.63) is 16.0 Å². The van der Waals surface area contributed by atoms with Crippen molar-refractivity contribution >= 4 is 5.69 Å². The first-order valence-corrected chi connectivity index (χ1v) is 7.18. The summed E-state index contributed by atoms with van der Waals surface area (Å²) in [6.45, 7) is 4.25. The zero-order valence-electron chi connectivity index (χ0n) is 11.8. The summed E-state index contributed by atoms with van der Waals surface area (Å²) in [4.78, 5) is 12.3. The molecule has 0 aliphatic heterocycles. The summed E-state index contributed by atoms with van der Waals surface area (Å²) in [6.07, 6.45) is 6.80. The molecule has 2 N–H and O–H groups in total. The molecule has 1 aliphatic carbocycles. The fraction of sp³-hybridized carbons (Fsp3) is 0.786. The first-order chi connectivity index (χ1) is 8.61. The third-order valence-electron chi connectivity index (χ3n) is 4.42. The first-order valence-electron chi connectivity index (χ1n) is 7.18. The largest absolute Gasteiger partial charge is 0.393 e. The van der Waals surface area contributed by atoms with E-state index in [9.17, 15) is 4.79 Å². The number of rotatable bonds is 4. The average molecular weight is 251 g/mol. The van der Waals surface area contributed by atoms with Gasteiger partial charge in [0.2, 0.25) is 0 Å². The van der Waals surface area contributed by atoms with E-state index in [1.807, 2.05) is 16.4 Å². The van der Waals surface area contributed by atoms with Gasteiger partial charge in [-0.2, -0.15) is 0 Å². The van der Waals surface area contributed by atoms with Crippen LogP contribution in [0.1, 0.15) is 70.0 Å². The Balaban J connectivity index is 2.49. The number of nitrogens with two attached hydrogens (primary N) is 1. The van der Waals surface area contributed by atoms with Crippen LogP contribution in [0.2, 0.25) is 0 Å². The van der Waals surface area contributed by atoms with Crippen LogP contribution in [0.3, 0.4) is 0 Å². The smallest absolute Gasteiger partial charge is 0.290 e. The first kappa shape index (κ1) is 13.2. The highest BCUT2D eigenvalue weighted by molar-refractivity contribution is 5.44. The SMILES string of the molecule is CCC(CC)n1c(=O)c(N)c(C2CCCC2)n1C. The van der Waals surface area contributed by atoms with Crippen molar-refractivity contribution in [3.63, 3.8) is 0 Å². The number of nitrogens with zero attached hydrogens (tertiary/aromatic N) is 2. The Bertz CT molecular complexity index is 462. The summed E-state index contributed by atoms with van der Waals surface area (Å²) in [7, 11) is 1.99. The van der Waals surface area contributed by atoms with E-state index < -0.39 is 0 Å². The van der Waals surface area contributed by atoms with E-state index in [0.717, 1.165) is 18.5 Å². The van der Waals surface area contributed by atoms with Crippen LogP contribution >= 0.6 is 0 Å². The minimum atomic E-state index is 0.00750. The zero-order chi connectivity index (χ0) is 13.3. The molecular formula is C14H25N3O. The standard InChI is InChI=1S/C14H25N3O/c1-4-11(5-2)17-14(18)12(15)13(16(17)3)10-8-6-7-9-10/h10-11H,4-9,15H2,1-3H3. The minimum absolute atomic E-state index is 0.00750. The molecule has 0 amide bonds. The highest BCUT2D eigenvalue weighted by atomic mass is 16.1. The van der Waals surface area contributed by atoms with Gasteiger partial charge in [-0.25, -0.2) is 4.68 Å². The molecule has 4 heteroatoms. The Labute approximate surface area is 109 Å². The van der Waals surface area contributed by atoms with Gasteiger partial charge in [0.1, 0.15) is 5.69 Å². The molecule has 0 bridgehead atoms. The van der Waals surface area contributed by atoms with Gasteiger partial charge in [-0.1, -0.05) is 26.7 Å². The molecule has 1 aromatic rings. The predicted molar refractivity (Wildman–Crippen MR) is 74.9 cm³/mol. The van der Waals surface area contributed by atoms with Crippen LogP contribution in [0.15, 0.2) is 4.79 Å². The van der Waals surface area contributed by atoms with Crippen molar-refractivity contribution in [3.8, 4) is 0 Å². The fourth-order valence-corrected chi connectivity index (χ4v) is 3.39. The van der Waals surface area contributed by atoms with Gasteiger partial charge in [-0.05, 0) is 25.7 Å². The van der Waals surface area contributed by atoms with Crippen LogP contribution in [0.5, 0.6) is 0 Å². The topological polar surface area (TPSA) is 52.9 Å². The van der Waals surface area contributed by atoms with Gasteiger partial charge in [-0.3, -0.25) is 9.48 Å². The predicted octanol–water partition coefficient (Wildman–Crippen LogP) is 2.79. The lowest BCUT2D eigenvalue weighted by atomic mass is 10.0. The molecule has 18 heavy (non-hydrogen) atoms. The molecule has 0 radical (unpaired) electrons. The zero-order valence-corrected chi connectivity index (χ0v) is 11.8. The van der Waals surface area contributed by atoms with Crippen molar-refractivity contribution in [2.24, 2.45) is 7.05 Å². The third kappa shape index (κ3) is 1.98. The average Bonchev–Trinajstić information content (AvgIpc) is 2.94. The van der Waals surface area contributed by atoms with E-state index in [2.05, 4.69) is 13.8 Å². The highest BCUT2D eigenvalue weighted by Gasteiger charge is 2.27. The monoisotopic (exact) mass is 251 g/mol. The van der Waals surface area contributed by atoms with Crippen LogP contribution in [0, 0.1) is 0 Å². The van der Waals surface area contributed by atoms with Crippen LogP contribution in [-0.2, 0) is 7.05 Å². The molecule has 1 aromatic heterocycles. The molecular weight excluding hydrogens is 226 g/mol. The Morgan fingerprint density at radius 2 is 1.83 bits per heavy atom. The molecule has 102 valence electrons. The van der Waals surface area contributed by atoms with Gasteiger partial charge in [-0.15, -0.1) is 0 Å². The molecule has 1 fully saturated rings. The molecule has 0 atom stereocenters. The van der Waals surface area contributed by atoms with Gasteiger partial charge in [0.05, 0.1) is 11.7 Å². The number of hydrogen-bond donors (Lipinski definition) is 1. The normalized spacial score (nSPS) is 16.9. The molecule has 0 saturated heterocycles. The van der Waals surface area contributed by atoms with Crippen molar-refractivity contribution in [2.45, 2.75) is 64.3 Å². The molecule has 1 heterocycles. The van der Waals surface area contributed by atoms with Crippen molar-refractivity contribution < 1.29 is 0 Å². The Hall–Kier alpha value is -1.19. The molecule has 1 saturated carbocycles. The molecule has 2 rings (SSSR count).